The molecule has 1 atom stereocenters. The molecular formula is C30H28N8O3. The number of fused-ring (bicyclic) bond motifs is 1. The number of nitrogens with one attached hydrogen (secondary N) is 2. The molecule has 3 N–H and O–H groups in total. The Morgan fingerprint density at radius 1 is 1.00 bits per heavy atom. The van der Waals surface area contributed by atoms with E-state index in [4.69, 9.17) is 9.51 Å². The molecule has 11 nitrogen and oxygen atoms in total. The predicted octanol–water partition coefficient (Wildman–Crippen LogP) is 4.80. The second kappa shape index (κ2) is 10.4. The second-order valence-electron chi connectivity index (χ2n) is 10.2. The lowest BCUT2D eigenvalue weighted by atomic mass is 10.00. The van der Waals surface area contributed by atoms with Gasteiger partial charge in [0, 0.05) is 37.3 Å². The number of benzene rings is 1. The molecule has 5 aromatic rings. The van der Waals surface area contributed by atoms with Crippen molar-refractivity contribution in [3.63, 3.8) is 0 Å². The van der Waals surface area contributed by atoms with Crippen molar-refractivity contribution in [2.75, 3.05) is 24.3 Å². The van der Waals surface area contributed by atoms with Crippen LogP contribution in [0.3, 0.4) is 0 Å². The normalized spacial score (nSPS) is 14.5. The van der Waals surface area contributed by atoms with Crippen LogP contribution in [0.5, 0.6) is 0 Å². The minimum atomic E-state index is -0.539. The summed E-state index contributed by atoms with van der Waals surface area (Å²) in [6.45, 7) is 3.78. The number of aliphatic hydroxyl groups is 1. The number of anilines is 3. The van der Waals surface area contributed by atoms with Crippen molar-refractivity contribution in [3.05, 3.63) is 96.1 Å². The van der Waals surface area contributed by atoms with Crippen molar-refractivity contribution in [3.8, 4) is 22.8 Å². The summed E-state index contributed by atoms with van der Waals surface area (Å²) in [4.78, 5) is 32.3. The Labute approximate surface area is 236 Å². The maximum Gasteiger partial charge on any atom is 0.261 e. The molecule has 1 aromatic carbocycles. The van der Waals surface area contributed by atoms with Gasteiger partial charge in [0.1, 0.15) is 11.6 Å². The second-order valence-corrected chi connectivity index (χ2v) is 10.2. The highest BCUT2D eigenvalue weighted by Crippen LogP contribution is 2.37. The van der Waals surface area contributed by atoms with E-state index in [0.29, 0.717) is 40.0 Å². The number of aromatic nitrogens is 5. The van der Waals surface area contributed by atoms with E-state index >= 15 is 0 Å². The van der Waals surface area contributed by atoms with Crippen molar-refractivity contribution in [1.82, 2.24) is 30.0 Å². The molecule has 0 bridgehead atoms. The summed E-state index contributed by atoms with van der Waals surface area (Å²) in [6.07, 6.45) is 4.95. The van der Waals surface area contributed by atoms with Gasteiger partial charge in [0.15, 0.2) is 0 Å². The molecule has 0 fully saturated rings. The minimum Gasteiger partial charge on any atom is -0.394 e. The molecule has 4 aromatic heterocycles. The predicted molar refractivity (Wildman–Crippen MR) is 153 cm³/mol. The van der Waals surface area contributed by atoms with Gasteiger partial charge in [-0.15, -0.1) is 0 Å². The number of carbonyl (C=O) groups is 1. The molecule has 206 valence electrons. The van der Waals surface area contributed by atoms with E-state index in [9.17, 15) is 9.90 Å². The van der Waals surface area contributed by atoms with Gasteiger partial charge in [-0.05, 0) is 43.7 Å². The average Bonchev–Trinajstić information content (AvgIpc) is 3.55. The topological polar surface area (TPSA) is 142 Å². The van der Waals surface area contributed by atoms with Gasteiger partial charge in [-0.2, -0.15) is 4.98 Å². The zero-order valence-corrected chi connectivity index (χ0v) is 22.7. The number of nitrogens with zero attached hydrogens (tertiary/aromatic N) is 6. The average molecular weight is 549 g/mol. The fraction of sp³-hybridized carbons (Fsp3) is 0.200. The molecular weight excluding hydrogens is 520 g/mol. The van der Waals surface area contributed by atoms with Crippen LogP contribution in [0.25, 0.3) is 22.8 Å². The standard InChI is InChI=1S/C30H28N8O3/c1-30(2)26-20(29(40)38(30)3)9-10-24(35-26)34-25-15-22(33-23(17-39)18-7-5-4-6-8-18)21(16-32-25)28-36-27(37-41-28)19-11-13-31-14-12-19/h4-16,23,39H,17H2,1-3H3,(H2,32,33,34,35)/t23-/m1/s1. The number of rotatable bonds is 8. The fourth-order valence-corrected chi connectivity index (χ4v) is 4.76. The Bertz CT molecular complexity index is 1710. The van der Waals surface area contributed by atoms with E-state index in [-0.39, 0.29) is 18.4 Å². The van der Waals surface area contributed by atoms with Crippen molar-refractivity contribution < 1.29 is 14.4 Å². The maximum atomic E-state index is 12.6. The van der Waals surface area contributed by atoms with Crippen LogP contribution in [0.4, 0.5) is 17.3 Å². The number of hydrogen-bond donors (Lipinski definition) is 3. The molecule has 1 amide bonds. The molecule has 0 aliphatic carbocycles. The maximum absolute atomic E-state index is 12.6. The summed E-state index contributed by atoms with van der Waals surface area (Å²) in [5.74, 6) is 1.67. The monoisotopic (exact) mass is 548 g/mol. The molecule has 0 radical (unpaired) electrons. The molecule has 1 aliphatic rings. The molecule has 0 saturated heterocycles. The highest BCUT2D eigenvalue weighted by atomic mass is 16.5. The van der Waals surface area contributed by atoms with Crippen LogP contribution in [0.1, 0.15) is 41.5 Å². The van der Waals surface area contributed by atoms with Gasteiger partial charge in [-0.1, -0.05) is 35.5 Å². The van der Waals surface area contributed by atoms with E-state index in [1.54, 1.807) is 60.9 Å². The number of carbonyl (C=O) groups excluding carboxylic acids is 1. The Kier molecular flexibility index (Phi) is 6.64. The van der Waals surface area contributed by atoms with Gasteiger partial charge in [-0.3, -0.25) is 9.78 Å². The van der Waals surface area contributed by atoms with Crippen molar-refractivity contribution in [2.45, 2.75) is 25.4 Å². The van der Waals surface area contributed by atoms with E-state index in [1.807, 2.05) is 44.2 Å². The van der Waals surface area contributed by atoms with Crippen LogP contribution in [0.2, 0.25) is 0 Å². The molecule has 1 aliphatic heterocycles. The van der Waals surface area contributed by atoms with Crippen LogP contribution in [0.15, 0.2) is 83.8 Å². The van der Waals surface area contributed by atoms with Gasteiger partial charge in [-0.25, -0.2) is 9.97 Å². The molecule has 6 rings (SSSR count). The van der Waals surface area contributed by atoms with Crippen molar-refractivity contribution in [2.24, 2.45) is 0 Å². The molecule has 41 heavy (non-hydrogen) atoms. The quantitative estimate of drug-likeness (QED) is 0.247. The lowest BCUT2D eigenvalue weighted by Crippen LogP contribution is -2.35. The first-order valence-electron chi connectivity index (χ1n) is 13.1. The Hall–Kier alpha value is -5.16. The highest BCUT2D eigenvalue weighted by molar-refractivity contribution is 5.99. The zero-order chi connectivity index (χ0) is 28.6. The van der Waals surface area contributed by atoms with Gasteiger partial charge < -0.3 is 25.2 Å². The summed E-state index contributed by atoms with van der Waals surface area (Å²) in [5.41, 5.74) is 3.60. The smallest absolute Gasteiger partial charge is 0.261 e. The molecule has 0 saturated carbocycles. The van der Waals surface area contributed by atoms with Crippen LogP contribution in [-0.2, 0) is 5.54 Å². The van der Waals surface area contributed by atoms with Crippen LogP contribution >= 0.6 is 0 Å². The lowest BCUT2D eigenvalue weighted by Gasteiger charge is -2.27. The fourth-order valence-electron chi connectivity index (χ4n) is 4.76. The van der Waals surface area contributed by atoms with Crippen molar-refractivity contribution in [1.29, 1.82) is 0 Å². The van der Waals surface area contributed by atoms with E-state index in [2.05, 4.69) is 30.7 Å². The van der Waals surface area contributed by atoms with E-state index in [1.165, 1.54) is 0 Å². The third-order valence-corrected chi connectivity index (χ3v) is 7.32. The molecule has 0 unspecified atom stereocenters. The first-order valence-corrected chi connectivity index (χ1v) is 13.1. The third-order valence-electron chi connectivity index (χ3n) is 7.32. The summed E-state index contributed by atoms with van der Waals surface area (Å²) in [7, 11) is 1.78. The van der Waals surface area contributed by atoms with Gasteiger partial charge in [0.05, 0.1) is 40.7 Å². The third kappa shape index (κ3) is 4.87. The SMILES string of the molecule is CN1C(=O)c2ccc(Nc3cc(N[C@H](CO)c4ccccc4)c(-c4nc(-c5ccncc5)no4)cn3)nc2C1(C)C. The van der Waals surface area contributed by atoms with Gasteiger partial charge in [0.2, 0.25) is 5.82 Å². The zero-order valence-electron chi connectivity index (χ0n) is 22.7. The van der Waals surface area contributed by atoms with Crippen LogP contribution in [0, 0.1) is 0 Å². The number of aliphatic hydroxyl groups excluding tert-OH is 1. The Balaban J connectivity index is 1.36. The van der Waals surface area contributed by atoms with E-state index in [0.717, 1.165) is 11.1 Å². The molecule has 11 heteroatoms. The van der Waals surface area contributed by atoms with Crippen LogP contribution in [-0.4, -0.2) is 54.7 Å². The number of amides is 1. The Morgan fingerprint density at radius 3 is 2.54 bits per heavy atom. The summed E-state index contributed by atoms with van der Waals surface area (Å²) in [5, 5.41) is 21.1. The number of hydrogen-bond acceptors (Lipinski definition) is 10. The first-order chi connectivity index (χ1) is 19.8. The van der Waals surface area contributed by atoms with Gasteiger partial charge in [0.25, 0.3) is 11.8 Å². The highest BCUT2D eigenvalue weighted by Gasteiger charge is 2.42. The Morgan fingerprint density at radius 2 is 1.78 bits per heavy atom. The number of pyridine rings is 3. The van der Waals surface area contributed by atoms with Crippen LogP contribution < -0.4 is 10.6 Å². The lowest BCUT2D eigenvalue weighted by molar-refractivity contribution is 0.0688. The summed E-state index contributed by atoms with van der Waals surface area (Å²) in [6, 6.07) is 18.2. The summed E-state index contributed by atoms with van der Waals surface area (Å²) < 4.78 is 5.62. The van der Waals surface area contributed by atoms with Gasteiger partial charge >= 0.3 is 0 Å². The minimum absolute atomic E-state index is 0.0559. The first kappa shape index (κ1) is 26.1. The molecule has 5 heterocycles. The summed E-state index contributed by atoms with van der Waals surface area (Å²) >= 11 is 0. The largest absolute Gasteiger partial charge is 0.394 e. The van der Waals surface area contributed by atoms with E-state index < -0.39 is 11.6 Å². The molecule has 0 spiro atoms. The van der Waals surface area contributed by atoms with Crippen molar-refractivity contribution >= 4 is 23.2 Å².